The van der Waals surface area contributed by atoms with Gasteiger partial charge in [-0.3, -0.25) is 0 Å². The fourth-order valence-electron chi connectivity index (χ4n) is 4.50. The van der Waals surface area contributed by atoms with E-state index in [0.29, 0.717) is 34.8 Å². The summed E-state index contributed by atoms with van der Waals surface area (Å²) in [5.74, 6) is 0.237. The van der Waals surface area contributed by atoms with E-state index >= 15 is 0 Å². The zero-order valence-electron chi connectivity index (χ0n) is 18.4. The van der Waals surface area contributed by atoms with Crippen molar-refractivity contribution in [2.75, 3.05) is 6.61 Å². The van der Waals surface area contributed by atoms with E-state index in [0.717, 1.165) is 36.8 Å². The van der Waals surface area contributed by atoms with Crippen molar-refractivity contribution < 1.29 is 17.9 Å². The first-order valence-electron chi connectivity index (χ1n) is 11.3. The van der Waals surface area contributed by atoms with Crippen LogP contribution < -0.4 is 0 Å². The minimum absolute atomic E-state index is 0.212. The van der Waals surface area contributed by atoms with E-state index in [4.69, 9.17) is 4.74 Å². The highest BCUT2D eigenvalue weighted by atomic mass is 19.2. The van der Waals surface area contributed by atoms with Crippen molar-refractivity contribution >= 4 is 5.57 Å². The fraction of sp³-hybridized carbons (Fsp3) is 0.357. The predicted octanol–water partition coefficient (Wildman–Crippen LogP) is 7.95. The third-order valence-corrected chi connectivity index (χ3v) is 6.56. The van der Waals surface area contributed by atoms with Gasteiger partial charge in [0.15, 0.2) is 12.3 Å². The van der Waals surface area contributed by atoms with Gasteiger partial charge in [-0.25, -0.2) is 13.2 Å². The molecule has 2 aromatic carbocycles. The van der Waals surface area contributed by atoms with Crippen molar-refractivity contribution in [1.82, 2.24) is 0 Å². The zero-order valence-corrected chi connectivity index (χ0v) is 18.4. The molecule has 2 aliphatic rings. The number of allylic oxidation sites excluding steroid dienone is 5. The monoisotopic (exact) mass is 438 g/mol. The standard InChI is InChI=1S/C28H29F3O/c1-3-4-5-19-7-15-26(32-17-19)24-14-12-22(16-25(24)29)20-8-10-21(11-9-20)23-13-6-18(2)27(30)28(23)31/h3,6,8-14,16,19,26-28H,1,4-5,7,15,17H2,2H3. The highest BCUT2D eigenvalue weighted by Crippen LogP contribution is 2.36. The van der Waals surface area contributed by atoms with Gasteiger partial charge in [0, 0.05) is 5.56 Å². The van der Waals surface area contributed by atoms with Crippen molar-refractivity contribution in [3.63, 3.8) is 0 Å². The lowest BCUT2D eigenvalue weighted by Crippen LogP contribution is -2.22. The van der Waals surface area contributed by atoms with Crippen LogP contribution in [0.2, 0.25) is 0 Å². The molecule has 1 saturated heterocycles. The average molecular weight is 439 g/mol. The molecular formula is C28H29F3O. The Morgan fingerprint density at radius 3 is 2.34 bits per heavy atom. The Balaban J connectivity index is 1.46. The molecule has 1 nitrogen and oxygen atoms in total. The van der Waals surface area contributed by atoms with Gasteiger partial charge in [0.25, 0.3) is 0 Å². The van der Waals surface area contributed by atoms with Crippen molar-refractivity contribution in [3.8, 4) is 11.1 Å². The lowest BCUT2D eigenvalue weighted by atomic mass is 9.89. The molecule has 1 heterocycles. The second-order valence-corrected chi connectivity index (χ2v) is 8.78. The van der Waals surface area contributed by atoms with Gasteiger partial charge in [0.05, 0.1) is 12.7 Å². The van der Waals surface area contributed by atoms with Crippen LogP contribution in [0.5, 0.6) is 0 Å². The number of ether oxygens (including phenoxy) is 1. The van der Waals surface area contributed by atoms with Gasteiger partial charge < -0.3 is 4.74 Å². The molecule has 4 rings (SSSR count). The van der Waals surface area contributed by atoms with E-state index < -0.39 is 12.3 Å². The summed E-state index contributed by atoms with van der Waals surface area (Å²) < 4.78 is 49.3. The summed E-state index contributed by atoms with van der Waals surface area (Å²) >= 11 is 0. The summed E-state index contributed by atoms with van der Waals surface area (Å²) in [6.45, 7) is 6.01. The maximum absolute atomic E-state index is 14.9. The lowest BCUT2D eigenvalue weighted by molar-refractivity contribution is -0.0207. The quantitative estimate of drug-likeness (QED) is 0.416. The Labute approximate surface area is 188 Å². The number of hydrogen-bond acceptors (Lipinski definition) is 1. The van der Waals surface area contributed by atoms with Crippen LogP contribution in [0.4, 0.5) is 13.2 Å². The first-order chi connectivity index (χ1) is 15.5. The highest BCUT2D eigenvalue weighted by molar-refractivity contribution is 5.75. The van der Waals surface area contributed by atoms with Crippen molar-refractivity contribution in [2.45, 2.75) is 51.1 Å². The summed E-state index contributed by atoms with van der Waals surface area (Å²) in [7, 11) is 0. The molecule has 0 N–H and O–H groups in total. The van der Waals surface area contributed by atoms with E-state index in [9.17, 15) is 13.2 Å². The zero-order chi connectivity index (χ0) is 22.7. The van der Waals surface area contributed by atoms with Crippen LogP contribution in [0, 0.1) is 11.7 Å². The SMILES string of the molecule is C=CCCC1CCC(c2ccc(-c3ccc(C4=CC=C(C)C(F)C4F)cc3)cc2F)OC1. The fourth-order valence-corrected chi connectivity index (χ4v) is 4.50. The molecular weight excluding hydrogens is 409 g/mol. The molecule has 1 fully saturated rings. The van der Waals surface area contributed by atoms with Crippen LogP contribution in [0.1, 0.15) is 49.8 Å². The Kier molecular flexibility index (Phi) is 7.00. The van der Waals surface area contributed by atoms with Crippen molar-refractivity contribution in [1.29, 1.82) is 0 Å². The molecule has 0 saturated carbocycles. The Hall–Kier alpha value is -2.59. The van der Waals surface area contributed by atoms with Crippen LogP contribution in [0.25, 0.3) is 16.7 Å². The third-order valence-electron chi connectivity index (χ3n) is 6.56. The predicted molar refractivity (Wildman–Crippen MR) is 124 cm³/mol. The summed E-state index contributed by atoms with van der Waals surface area (Å²) in [6, 6.07) is 12.4. The Morgan fingerprint density at radius 1 is 0.969 bits per heavy atom. The molecule has 4 atom stereocenters. The molecule has 1 aliphatic carbocycles. The van der Waals surface area contributed by atoms with Crippen LogP contribution >= 0.6 is 0 Å². The first-order valence-corrected chi connectivity index (χ1v) is 11.3. The van der Waals surface area contributed by atoms with E-state index in [2.05, 4.69) is 6.58 Å². The molecule has 4 unspecified atom stereocenters. The number of halogens is 3. The first kappa shape index (κ1) is 22.6. The van der Waals surface area contributed by atoms with Gasteiger partial charge in [-0.1, -0.05) is 54.6 Å². The molecule has 0 amide bonds. The Bertz CT molecular complexity index is 1010. The maximum atomic E-state index is 14.9. The summed E-state index contributed by atoms with van der Waals surface area (Å²) in [6.07, 6.45) is 5.57. The van der Waals surface area contributed by atoms with Crippen LogP contribution in [-0.4, -0.2) is 19.0 Å². The van der Waals surface area contributed by atoms with E-state index in [1.54, 1.807) is 37.3 Å². The van der Waals surface area contributed by atoms with Crippen LogP contribution in [0.15, 0.2) is 72.8 Å². The summed E-state index contributed by atoms with van der Waals surface area (Å²) in [5.41, 5.74) is 3.51. The second-order valence-electron chi connectivity index (χ2n) is 8.78. The number of hydrogen-bond donors (Lipinski definition) is 0. The van der Waals surface area contributed by atoms with Crippen molar-refractivity contribution in [3.05, 3.63) is 89.8 Å². The van der Waals surface area contributed by atoms with Crippen molar-refractivity contribution in [2.24, 2.45) is 5.92 Å². The number of rotatable bonds is 6. The molecule has 0 radical (unpaired) electrons. The molecule has 0 bridgehead atoms. The topological polar surface area (TPSA) is 9.23 Å². The Morgan fingerprint density at radius 2 is 1.69 bits per heavy atom. The molecule has 168 valence electrons. The largest absolute Gasteiger partial charge is 0.373 e. The second kappa shape index (κ2) is 9.91. The van der Waals surface area contributed by atoms with E-state index in [1.807, 2.05) is 24.3 Å². The molecule has 32 heavy (non-hydrogen) atoms. The maximum Gasteiger partial charge on any atom is 0.161 e. The average Bonchev–Trinajstić information content (AvgIpc) is 2.82. The smallest absolute Gasteiger partial charge is 0.161 e. The normalized spacial score (nSPS) is 25.8. The van der Waals surface area contributed by atoms with E-state index in [1.165, 1.54) is 6.07 Å². The summed E-state index contributed by atoms with van der Waals surface area (Å²) in [4.78, 5) is 0. The van der Waals surface area contributed by atoms with Gasteiger partial charge in [-0.15, -0.1) is 6.58 Å². The number of alkyl halides is 2. The van der Waals surface area contributed by atoms with E-state index in [-0.39, 0.29) is 11.9 Å². The van der Waals surface area contributed by atoms with Gasteiger partial charge >= 0.3 is 0 Å². The number of benzene rings is 2. The minimum atomic E-state index is -1.67. The molecule has 1 aliphatic heterocycles. The van der Waals surface area contributed by atoms with Crippen LogP contribution in [0.3, 0.4) is 0 Å². The van der Waals surface area contributed by atoms with Gasteiger partial charge in [0.2, 0.25) is 0 Å². The van der Waals surface area contributed by atoms with Gasteiger partial charge in [-0.2, -0.15) is 0 Å². The molecule has 4 heteroatoms. The highest BCUT2D eigenvalue weighted by Gasteiger charge is 2.29. The van der Waals surface area contributed by atoms with Gasteiger partial charge in [-0.05, 0) is 72.4 Å². The van der Waals surface area contributed by atoms with Crippen LogP contribution in [-0.2, 0) is 4.74 Å². The molecule has 2 aromatic rings. The van der Waals surface area contributed by atoms with Gasteiger partial charge in [0.1, 0.15) is 5.82 Å². The summed E-state index contributed by atoms with van der Waals surface area (Å²) in [5, 5.41) is 0. The molecule has 0 aromatic heterocycles. The molecule has 0 spiro atoms. The minimum Gasteiger partial charge on any atom is -0.373 e. The lowest BCUT2D eigenvalue weighted by Gasteiger charge is -2.29. The third kappa shape index (κ3) is 4.75.